The van der Waals surface area contributed by atoms with Crippen molar-refractivity contribution < 1.29 is 13.2 Å². The SMILES string of the molecule is FC(F)(F)c1ccccc1-c1cccc2ccc3ccccc3c12. The first-order chi connectivity index (χ1) is 11.6. The Kier molecular flexibility index (Phi) is 3.31. The molecule has 0 radical (unpaired) electrons. The van der Waals surface area contributed by atoms with E-state index in [1.807, 2.05) is 42.5 Å². The minimum absolute atomic E-state index is 0.215. The standard InChI is InChI=1S/C21H13F3/c22-21(23,24)19-11-4-3-9-17(19)18-10-5-7-15-13-12-14-6-1-2-8-16(14)20(15)18/h1-13H. The Balaban J connectivity index is 2.15. The molecule has 0 saturated carbocycles. The highest BCUT2D eigenvalue weighted by Crippen LogP contribution is 2.41. The van der Waals surface area contributed by atoms with Crippen molar-refractivity contribution in [1.29, 1.82) is 0 Å². The lowest BCUT2D eigenvalue weighted by atomic mass is 9.91. The second kappa shape index (κ2) is 5.38. The summed E-state index contributed by atoms with van der Waals surface area (Å²) in [6.07, 6.45) is -4.39. The van der Waals surface area contributed by atoms with E-state index in [1.54, 1.807) is 24.3 Å². The zero-order valence-electron chi connectivity index (χ0n) is 12.6. The lowest BCUT2D eigenvalue weighted by Gasteiger charge is -2.15. The lowest BCUT2D eigenvalue weighted by molar-refractivity contribution is -0.137. The fraction of sp³-hybridized carbons (Fsp3) is 0.0476. The highest BCUT2D eigenvalue weighted by molar-refractivity contribution is 6.14. The van der Waals surface area contributed by atoms with Crippen molar-refractivity contribution in [2.75, 3.05) is 0 Å². The third kappa shape index (κ3) is 2.33. The van der Waals surface area contributed by atoms with E-state index in [9.17, 15) is 13.2 Å². The van der Waals surface area contributed by atoms with Gasteiger partial charge in [-0.1, -0.05) is 72.8 Å². The topological polar surface area (TPSA) is 0 Å². The summed E-state index contributed by atoms with van der Waals surface area (Å²) >= 11 is 0. The highest BCUT2D eigenvalue weighted by atomic mass is 19.4. The Bertz CT molecular complexity index is 1050. The van der Waals surface area contributed by atoms with E-state index in [1.165, 1.54) is 6.07 Å². The van der Waals surface area contributed by atoms with Crippen molar-refractivity contribution in [1.82, 2.24) is 0 Å². The molecule has 3 heteroatoms. The summed E-state index contributed by atoms with van der Waals surface area (Å²) in [5.41, 5.74) is 0.217. The van der Waals surface area contributed by atoms with Crippen LogP contribution in [0.5, 0.6) is 0 Å². The Morgan fingerprint density at radius 2 is 1.17 bits per heavy atom. The fourth-order valence-electron chi connectivity index (χ4n) is 3.25. The Morgan fingerprint density at radius 3 is 2.00 bits per heavy atom. The minimum Gasteiger partial charge on any atom is -0.166 e. The molecule has 0 atom stereocenters. The maximum atomic E-state index is 13.4. The van der Waals surface area contributed by atoms with Crippen LogP contribution in [0, 0.1) is 0 Å². The maximum Gasteiger partial charge on any atom is 0.417 e. The van der Waals surface area contributed by atoms with E-state index in [0.717, 1.165) is 27.6 Å². The van der Waals surface area contributed by atoms with Crippen LogP contribution in [0.2, 0.25) is 0 Å². The summed E-state index contributed by atoms with van der Waals surface area (Å²) in [6.45, 7) is 0. The highest BCUT2D eigenvalue weighted by Gasteiger charge is 2.33. The van der Waals surface area contributed by atoms with Gasteiger partial charge in [-0.15, -0.1) is 0 Å². The molecule has 0 amide bonds. The van der Waals surface area contributed by atoms with Gasteiger partial charge in [0, 0.05) is 0 Å². The Morgan fingerprint density at radius 1 is 0.542 bits per heavy atom. The van der Waals surface area contributed by atoms with Gasteiger partial charge in [-0.25, -0.2) is 0 Å². The number of halogens is 3. The molecule has 0 heterocycles. The smallest absolute Gasteiger partial charge is 0.166 e. The Labute approximate surface area is 137 Å². The van der Waals surface area contributed by atoms with E-state index in [-0.39, 0.29) is 5.56 Å². The molecular formula is C21H13F3. The van der Waals surface area contributed by atoms with E-state index in [2.05, 4.69) is 0 Å². The van der Waals surface area contributed by atoms with Crippen molar-refractivity contribution in [3.63, 3.8) is 0 Å². The molecular weight excluding hydrogens is 309 g/mol. The van der Waals surface area contributed by atoms with Crippen LogP contribution in [0.15, 0.2) is 78.9 Å². The second-order valence-corrected chi connectivity index (χ2v) is 5.73. The normalized spacial score (nSPS) is 12.0. The van der Waals surface area contributed by atoms with Crippen molar-refractivity contribution >= 4 is 21.5 Å². The zero-order valence-corrected chi connectivity index (χ0v) is 12.6. The first-order valence-corrected chi connectivity index (χ1v) is 7.63. The monoisotopic (exact) mass is 322 g/mol. The predicted molar refractivity (Wildman–Crippen MR) is 91.9 cm³/mol. The molecule has 0 spiro atoms. The van der Waals surface area contributed by atoms with Crippen LogP contribution in [-0.2, 0) is 6.18 Å². The van der Waals surface area contributed by atoms with Crippen molar-refractivity contribution in [3.05, 3.63) is 84.4 Å². The van der Waals surface area contributed by atoms with Crippen LogP contribution in [0.3, 0.4) is 0 Å². The maximum absolute atomic E-state index is 13.4. The molecule has 0 saturated heterocycles. The molecule has 4 aromatic carbocycles. The van der Waals surface area contributed by atoms with Gasteiger partial charge in [0.25, 0.3) is 0 Å². The zero-order chi connectivity index (χ0) is 16.7. The number of alkyl halides is 3. The molecule has 118 valence electrons. The van der Waals surface area contributed by atoms with Crippen molar-refractivity contribution in [2.45, 2.75) is 6.18 Å². The van der Waals surface area contributed by atoms with Crippen molar-refractivity contribution in [3.8, 4) is 11.1 Å². The van der Waals surface area contributed by atoms with E-state index < -0.39 is 11.7 Å². The molecule has 0 bridgehead atoms. The molecule has 0 nitrogen and oxygen atoms in total. The van der Waals surface area contributed by atoms with Gasteiger partial charge < -0.3 is 0 Å². The number of benzene rings is 4. The molecule has 0 fully saturated rings. The van der Waals surface area contributed by atoms with Crippen LogP contribution in [0.1, 0.15) is 5.56 Å². The van der Waals surface area contributed by atoms with Crippen LogP contribution < -0.4 is 0 Å². The third-order valence-electron chi connectivity index (χ3n) is 4.29. The molecule has 0 aliphatic heterocycles. The summed E-state index contributed by atoms with van der Waals surface area (Å²) in [5, 5.41) is 3.76. The number of rotatable bonds is 1. The summed E-state index contributed by atoms with van der Waals surface area (Å²) in [5.74, 6) is 0. The molecule has 0 aromatic heterocycles. The minimum atomic E-state index is -4.39. The molecule has 4 rings (SSSR count). The largest absolute Gasteiger partial charge is 0.417 e. The first kappa shape index (κ1) is 14.8. The van der Waals surface area contributed by atoms with Crippen LogP contribution in [0.25, 0.3) is 32.7 Å². The summed E-state index contributed by atoms with van der Waals surface area (Å²) in [6, 6.07) is 23.0. The van der Waals surface area contributed by atoms with Gasteiger partial charge in [0.2, 0.25) is 0 Å². The molecule has 0 N–H and O–H groups in total. The van der Waals surface area contributed by atoms with Gasteiger partial charge in [-0.05, 0) is 38.7 Å². The average Bonchev–Trinajstić information content (AvgIpc) is 2.60. The van der Waals surface area contributed by atoms with E-state index in [4.69, 9.17) is 0 Å². The van der Waals surface area contributed by atoms with E-state index in [0.29, 0.717) is 5.56 Å². The average molecular weight is 322 g/mol. The summed E-state index contributed by atoms with van der Waals surface area (Å²) in [7, 11) is 0. The second-order valence-electron chi connectivity index (χ2n) is 5.73. The molecule has 0 aliphatic carbocycles. The number of hydrogen-bond donors (Lipinski definition) is 0. The number of hydrogen-bond acceptors (Lipinski definition) is 0. The van der Waals surface area contributed by atoms with Gasteiger partial charge in [-0.3, -0.25) is 0 Å². The fourth-order valence-corrected chi connectivity index (χ4v) is 3.25. The Hall–Kier alpha value is -2.81. The quantitative estimate of drug-likeness (QED) is 0.343. The van der Waals surface area contributed by atoms with Gasteiger partial charge in [-0.2, -0.15) is 13.2 Å². The number of fused-ring (bicyclic) bond motifs is 3. The van der Waals surface area contributed by atoms with Gasteiger partial charge in [0.15, 0.2) is 0 Å². The predicted octanol–water partition coefficient (Wildman–Crippen LogP) is 6.68. The third-order valence-corrected chi connectivity index (χ3v) is 4.29. The molecule has 0 aliphatic rings. The van der Waals surface area contributed by atoms with Crippen LogP contribution >= 0.6 is 0 Å². The van der Waals surface area contributed by atoms with Crippen LogP contribution in [-0.4, -0.2) is 0 Å². The molecule has 24 heavy (non-hydrogen) atoms. The lowest BCUT2D eigenvalue weighted by Crippen LogP contribution is -2.07. The van der Waals surface area contributed by atoms with Gasteiger partial charge in [0.1, 0.15) is 0 Å². The first-order valence-electron chi connectivity index (χ1n) is 7.63. The van der Waals surface area contributed by atoms with Gasteiger partial charge >= 0.3 is 6.18 Å². The molecule has 0 unspecified atom stereocenters. The van der Waals surface area contributed by atoms with Crippen molar-refractivity contribution in [2.24, 2.45) is 0 Å². The summed E-state index contributed by atoms with van der Waals surface area (Å²) < 4.78 is 40.3. The van der Waals surface area contributed by atoms with Crippen LogP contribution in [0.4, 0.5) is 13.2 Å². The van der Waals surface area contributed by atoms with Gasteiger partial charge in [0.05, 0.1) is 5.56 Å². The molecule has 4 aromatic rings. The summed E-state index contributed by atoms with van der Waals surface area (Å²) in [4.78, 5) is 0. The van der Waals surface area contributed by atoms with E-state index >= 15 is 0 Å².